The summed E-state index contributed by atoms with van der Waals surface area (Å²) >= 11 is 0. The lowest BCUT2D eigenvalue weighted by Gasteiger charge is -2.33. The molecule has 18 heavy (non-hydrogen) atoms. The van der Waals surface area contributed by atoms with Gasteiger partial charge < -0.3 is 15.1 Å². The van der Waals surface area contributed by atoms with Gasteiger partial charge in [0.15, 0.2) is 0 Å². The predicted molar refractivity (Wildman–Crippen MR) is 73.7 cm³/mol. The van der Waals surface area contributed by atoms with Crippen LogP contribution in [0.4, 0.5) is 5.95 Å². The lowest BCUT2D eigenvalue weighted by Crippen LogP contribution is -2.46. The molecular weight excluding hydrogens is 226 g/mol. The molecule has 2 rings (SSSR count). The molecule has 0 atom stereocenters. The van der Waals surface area contributed by atoms with Gasteiger partial charge >= 0.3 is 0 Å². The molecule has 0 radical (unpaired) electrons. The summed E-state index contributed by atoms with van der Waals surface area (Å²) in [6, 6.07) is 1.83. The highest BCUT2D eigenvalue weighted by Crippen LogP contribution is 2.02. The number of hydrogen-bond acceptors (Lipinski definition) is 5. The first-order valence-corrected chi connectivity index (χ1v) is 6.84. The Morgan fingerprint density at radius 3 is 2.44 bits per heavy atom. The Morgan fingerprint density at radius 2 is 1.78 bits per heavy atom. The number of rotatable bonds is 6. The van der Waals surface area contributed by atoms with Crippen LogP contribution in [-0.4, -0.2) is 65.6 Å². The second-order valence-corrected chi connectivity index (χ2v) is 4.63. The molecule has 0 amide bonds. The minimum atomic E-state index is 0.730. The average molecular weight is 249 g/mol. The number of likely N-dealkylation sites (N-methyl/N-ethyl adjacent to an activating group) is 1. The molecule has 1 aliphatic rings. The summed E-state index contributed by atoms with van der Waals surface area (Å²) in [5, 5.41) is 3.24. The zero-order valence-electron chi connectivity index (χ0n) is 11.2. The molecule has 5 heteroatoms. The van der Waals surface area contributed by atoms with E-state index in [0.29, 0.717) is 0 Å². The fourth-order valence-corrected chi connectivity index (χ4v) is 2.22. The Kier molecular flexibility index (Phi) is 5.36. The number of piperazine rings is 1. The molecule has 100 valence electrons. The molecule has 0 unspecified atom stereocenters. The normalized spacial score (nSPS) is 17.8. The molecule has 5 nitrogen and oxygen atoms in total. The number of nitrogens with one attached hydrogen (secondary N) is 1. The largest absolute Gasteiger partial charge is 0.354 e. The van der Waals surface area contributed by atoms with Crippen LogP contribution in [0.2, 0.25) is 0 Å². The average Bonchev–Trinajstić information content (AvgIpc) is 2.45. The van der Waals surface area contributed by atoms with E-state index in [9.17, 15) is 0 Å². The molecule has 0 bridgehead atoms. The van der Waals surface area contributed by atoms with Crippen molar-refractivity contribution in [2.45, 2.75) is 13.3 Å². The van der Waals surface area contributed by atoms with Crippen LogP contribution in [-0.2, 0) is 0 Å². The maximum absolute atomic E-state index is 4.14. The van der Waals surface area contributed by atoms with E-state index in [0.717, 1.165) is 25.5 Å². The second-order valence-electron chi connectivity index (χ2n) is 4.63. The number of nitrogens with zero attached hydrogens (tertiary/aromatic N) is 4. The summed E-state index contributed by atoms with van der Waals surface area (Å²) in [5.74, 6) is 0.730. The fourth-order valence-electron chi connectivity index (χ4n) is 2.22. The first-order valence-electron chi connectivity index (χ1n) is 6.84. The van der Waals surface area contributed by atoms with Crippen LogP contribution in [0.5, 0.6) is 0 Å². The van der Waals surface area contributed by atoms with E-state index < -0.39 is 0 Å². The zero-order chi connectivity index (χ0) is 12.6. The van der Waals surface area contributed by atoms with Crippen LogP contribution in [0.3, 0.4) is 0 Å². The quantitative estimate of drug-likeness (QED) is 0.759. The Hall–Kier alpha value is -1.20. The molecule has 1 N–H and O–H groups in total. The number of aromatic nitrogens is 2. The maximum atomic E-state index is 4.14. The van der Waals surface area contributed by atoms with E-state index in [1.165, 1.54) is 32.7 Å². The second kappa shape index (κ2) is 7.28. The molecule has 0 saturated carbocycles. The molecule has 1 aromatic rings. The van der Waals surface area contributed by atoms with E-state index in [-0.39, 0.29) is 0 Å². The van der Waals surface area contributed by atoms with Crippen LogP contribution < -0.4 is 5.32 Å². The Labute approximate surface area is 109 Å². The van der Waals surface area contributed by atoms with Crippen molar-refractivity contribution in [2.24, 2.45) is 0 Å². The highest BCUT2D eigenvalue weighted by atomic mass is 15.3. The van der Waals surface area contributed by atoms with Gasteiger partial charge in [-0.3, -0.25) is 0 Å². The first kappa shape index (κ1) is 13.2. The molecular formula is C13H23N5. The summed E-state index contributed by atoms with van der Waals surface area (Å²) < 4.78 is 0. The van der Waals surface area contributed by atoms with Crippen molar-refractivity contribution in [2.75, 3.05) is 51.1 Å². The minimum Gasteiger partial charge on any atom is -0.354 e. The van der Waals surface area contributed by atoms with E-state index in [2.05, 4.69) is 32.0 Å². The van der Waals surface area contributed by atoms with Gasteiger partial charge in [0.1, 0.15) is 0 Å². The van der Waals surface area contributed by atoms with Gasteiger partial charge in [-0.2, -0.15) is 0 Å². The van der Waals surface area contributed by atoms with Gasteiger partial charge in [0.2, 0.25) is 5.95 Å². The topological polar surface area (TPSA) is 44.3 Å². The van der Waals surface area contributed by atoms with Gasteiger partial charge in [0.25, 0.3) is 0 Å². The predicted octanol–water partition coefficient (Wildman–Crippen LogP) is 0.916. The van der Waals surface area contributed by atoms with Crippen LogP contribution in [0.1, 0.15) is 13.3 Å². The van der Waals surface area contributed by atoms with Crippen molar-refractivity contribution in [1.82, 2.24) is 19.8 Å². The molecule has 1 aromatic heterocycles. The van der Waals surface area contributed by atoms with Gasteiger partial charge in [-0.25, -0.2) is 9.97 Å². The molecule has 1 saturated heterocycles. The smallest absolute Gasteiger partial charge is 0.222 e. The Balaban J connectivity index is 1.56. The zero-order valence-corrected chi connectivity index (χ0v) is 11.2. The van der Waals surface area contributed by atoms with Crippen molar-refractivity contribution in [3.05, 3.63) is 18.5 Å². The summed E-state index contributed by atoms with van der Waals surface area (Å²) in [6.45, 7) is 10.4. The van der Waals surface area contributed by atoms with Gasteiger partial charge in [-0.1, -0.05) is 6.92 Å². The maximum Gasteiger partial charge on any atom is 0.222 e. The highest BCUT2D eigenvalue weighted by molar-refractivity contribution is 5.21. The molecule has 0 spiro atoms. The SMILES string of the molecule is CCN1CCN(CCCNc2ncccn2)CC1. The van der Waals surface area contributed by atoms with E-state index in [4.69, 9.17) is 0 Å². The van der Waals surface area contributed by atoms with Crippen molar-refractivity contribution >= 4 is 5.95 Å². The summed E-state index contributed by atoms with van der Waals surface area (Å²) in [7, 11) is 0. The monoisotopic (exact) mass is 249 g/mol. The Morgan fingerprint density at radius 1 is 1.11 bits per heavy atom. The van der Waals surface area contributed by atoms with Gasteiger partial charge in [-0.15, -0.1) is 0 Å². The van der Waals surface area contributed by atoms with Crippen LogP contribution in [0, 0.1) is 0 Å². The fraction of sp³-hybridized carbons (Fsp3) is 0.692. The van der Waals surface area contributed by atoms with E-state index in [1.807, 2.05) is 6.07 Å². The molecule has 2 heterocycles. The first-order chi connectivity index (χ1) is 8.88. The van der Waals surface area contributed by atoms with Crippen LogP contribution in [0.25, 0.3) is 0 Å². The third-order valence-electron chi connectivity index (χ3n) is 3.41. The lowest BCUT2D eigenvalue weighted by atomic mass is 10.3. The molecule has 0 aliphatic carbocycles. The van der Waals surface area contributed by atoms with Crippen molar-refractivity contribution in [3.8, 4) is 0 Å². The highest BCUT2D eigenvalue weighted by Gasteiger charge is 2.14. The number of hydrogen-bond donors (Lipinski definition) is 1. The molecule has 1 aliphatic heterocycles. The summed E-state index contributed by atoms with van der Waals surface area (Å²) in [4.78, 5) is 13.3. The van der Waals surface area contributed by atoms with E-state index >= 15 is 0 Å². The third-order valence-corrected chi connectivity index (χ3v) is 3.41. The molecule has 1 fully saturated rings. The number of anilines is 1. The summed E-state index contributed by atoms with van der Waals surface area (Å²) in [5.41, 5.74) is 0. The Bertz CT molecular complexity index is 321. The third kappa shape index (κ3) is 4.23. The van der Waals surface area contributed by atoms with E-state index in [1.54, 1.807) is 12.4 Å². The van der Waals surface area contributed by atoms with Crippen LogP contribution >= 0.6 is 0 Å². The lowest BCUT2D eigenvalue weighted by molar-refractivity contribution is 0.137. The van der Waals surface area contributed by atoms with Gasteiger partial charge in [0.05, 0.1) is 0 Å². The minimum absolute atomic E-state index is 0.730. The van der Waals surface area contributed by atoms with Crippen molar-refractivity contribution < 1.29 is 0 Å². The van der Waals surface area contributed by atoms with Crippen molar-refractivity contribution in [3.63, 3.8) is 0 Å². The van der Waals surface area contributed by atoms with Gasteiger partial charge in [-0.05, 0) is 25.6 Å². The standard InChI is InChI=1S/C13H23N5/c1-2-17-9-11-18(12-10-17)8-4-7-16-13-14-5-3-6-15-13/h3,5-6H,2,4,7-12H2,1H3,(H,14,15,16). The summed E-state index contributed by atoms with van der Waals surface area (Å²) in [6.07, 6.45) is 4.67. The molecule has 0 aromatic carbocycles. The van der Waals surface area contributed by atoms with Gasteiger partial charge in [0, 0.05) is 45.1 Å². The van der Waals surface area contributed by atoms with Crippen LogP contribution in [0.15, 0.2) is 18.5 Å². The van der Waals surface area contributed by atoms with Crippen molar-refractivity contribution in [1.29, 1.82) is 0 Å².